The number of hydrogen-bond acceptors (Lipinski definition) is 4. The summed E-state index contributed by atoms with van der Waals surface area (Å²) in [7, 11) is -1.97. The summed E-state index contributed by atoms with van der Waals surface area (Å²) in [6.45, 7) is 14.3. The molecule has 36 heavy (non-hydrogen) atoms. The summed E-state index contributed by atoms with van der Waals surface area (Å²) in [5, 5.41) is 7.33. The first-order valence-electron chi connectivity index (χ1n) is 12.3. The van der Waals surface area contributed by atoms with E-state index >= 15 is 0 Å². The Balaban J connectivity index is 1.46. The van der Waals surface area contributed by atoms with Crippen LogP contribution in [-0.4, -0.2) is 53.6 Å². The third-order valence-corrected chi connectivity index (χ3v) is 12.4. The van der Waals surface area contributed by atoms with E-state index in [9.17, 15) is 14.0 Å². The van der Waals surface area contributed by atoms with Crippen LogP contribution < -0.4 is 10.2 Å². The molecule has 3 amide bonds. The van der Waals surface area contributed by atoms with Crippen LogP contribution in [0.5, 0.6) is 0 Å². The third-order valence-electron chi connectivity index (χ3n) is 7.58. The number of rotatable bonds is 4. The molecule has 196 valence electrons. The molecule has 2 aliphatic heterocycles. The van der Waals surface area contributed by atoms with Gasteiger partial charge in [-0.1, -0.05) is 32.4 Å². The number of aromatic nitrogens is 2. The van der Waals surface area contributed by atoms with Gasteiger partial charge in [-0.25, -0.2) is 9.18 Å². The van der Waals surface area contributed by atoms with Crippen molar-refractivity contribution in [3.8, 4) is 0 Å². The summed E-state index contributed by atoms with van der Waals surface area (Å²) in [6, 6.07) is 3.62. The summed E-state index contributed by atoms with van der Waals surface area (Å²) in [5.74, 6) is -0.533. The molecule has 2 aromatic rings. The van der Waals surface area contributed by atoms with Gasteiger partial charge in [-0.3, -0.25) is 9.48 Å². The maximum atomic E-state index is 13.5. The van der Waals surface area contributed by atoms with Gasteiger partial charge in [0.2, 0.25) is 5.91 Å². The molecule has 0 bridgehead atoms. The van der Waals surface area contributed by atoms with E-state index in [2.05, 4.69) is 44.3 Å². The highest BCUT2D eigenvalue weighted by molar-refractivity contribution is 6.74. The molecule has 4 rings (SSSR count). The fourth-order valence-electron chi connectivity index (χ4n) is 4.41. The second-order valence-corrected chi connectivity index (χ2v) is 16.4. The van der Waals surface area contributed by atoms with E-state index in [4.69, 9.17) is 16.0 Å². The Kier molecular flexibility index (Phi) is 7.24. The Bertz CT molecular complexity index is 1170. The molecule has 1 N–H and O–H groups in total. The van der Waals surface area contributed by atoms with Crippen molar-refractivity contribution in [2.45, 2.75) is 83.9 Å². The summed E-state index contributed by atoms with van der Waals surface area (Å²) >= 11 is 5.86. The second kappa shape index (κ2) is 9.79. The van der Waals surface area contributed by atoms with Crippen LogP contribution in [0.1, 0.15) is 46.2 Å². The summed E-state index contributed by atoms with van der Waals surface area (Å²) < 4.78 is 21.9. The zero-order chi connectivity index (χ0) is 26.4. The quantitative estimate of drug-likeness (QED) is 0.515. The van der Waals surface area contributed by atoms with Crippen molar-refractivity contribution < 1.29 is 18.4 Å². The van der Waals surface area contributed by atoms with Gasteiger partial charge in [-0.05, 0) is 49.7 Å². The lowest BCUT2D eigenvalue weighted by Gasteiger charge is -2.42. The van der Waals surface area contributed by atoms with Gasteiger partial charge in [0.15, 0.2) is 8.32 Å². The van der Waals surface area contributed by atoms with Gasteiger partial charge in [0.05, 0.1) is 54.3 Å². The third kappa shape index (κ3) is 5.30. The average molecular weight is 536 g/mol. The first-order valence-corrected chi connectivity index (χ1v) is 15.6. The van der Waals surface area contributed by atoms with E-state index in [0.29, 0.717) is 31.7 Å². The Morgan fingerprint density at radius 1 is 1.31 bits per heavy atom. The summed E-state index contributed by atoms with van der Waals surface area (Å²) in [6.07, 6.45) is 2.74. The van der Waals surface area contributed by atoms with Crippen LogP contribution in [0.4, 0.5) is 20.6 Å². The van der Waals surface area contributed by atoms with Crippen molar-refractivity contribution >= 4 is 43.2 Å². The van der Waals surface area contributed by atoms with E-state index in [1.54, 1.807) is 16.0 Å². The number of benzene rings is 1. The molecule has 1 unspecified atom stereocenters. The number of carbonyl (C=O) groups is 2. The van der Waals surface area contributed by atoms with E-state index in [0.717, 1.165) is 17.8 Å². The van der Waals surface area contributed by atoms with Crippen molar-refractivity contribution in [1.82, 2.24) is 14.7 Å². The first-order chi connectivity index (χ1) is 16.8. The SMILES string of the molecule is C[C@H]1Cn2ncc(N3CCC(O[Si](C)(C)C(C)(C)C)CC3=O)c2CN1C(=O)Nc1ccc(F)c(Cl)c1. The van der Waals surface area contributed by atoms with Crippen molar-refractivity contribution in [2.24, 2.45) is 0 Å². The number of fused-ring (bicyclic) bond motifs is 1. The lowest BCUT2D eigenvalue weighted by atomic mass is 10.1. The molecule has 3 heterocycles. The number of halogens is 2. The van der Waals surface area contributed by atoms with Crippen LogP contribution in [0.2, 0.25) is 23.2 Å². The molecular weight excluding hydrogens is 501 g/mol. The van der Waals surface area contributed by atoms with Gasteiger partial charge in [-0.15, -0.1) is 0 Å². The summed E-state index contributed by atoms with van der Waals surface area (Å²) in [4.78, 5) is 29.7. The number of urea groups is 1. The molecule has 0 spiro atoms. The topological polar surface area (TPSA) is 79.7 Å². The van der Waals surface area contributed by atoms with Gasteiger partial charge >= 0.3 is 6.03 Å². The Morgan fingerprint density at radius 3 is 2.67 bits per heavy atom. The lowest BCUT2D eigenvalue weighted by molar-refractivity contribution is -0.121. The Labute approximate surface area is 217 Å². The molecule has 0 saturated carbocycles. The number of nitrogens with one attached hydrogen (secondary N) is 1. The number of hydrogen-bond donors (Lipinski definition) is 1. The molecule has 1 saturated heterocycles. The second-order valence-electron chi connectivity index (χ2n) is 11.2. The first kappa shape index (κ1) is 26.6. The van der Waals surface area contributed by atoms with Crippen LogP contribution in [0, 0.1) is 5.82 Å². The van der Waals surface area contributed by atoms with E-state index in [-0.39, 0.29) is 34.1 Å². The van der Waals surface area contributed by atoms with Crippen molar-refractivity contribution in [3.05, 3.63) is 40.9 Å². The van der Waals surface area contributed by atoms with Crippen molar-refractivity contribution in [1.29, 1.82) is 0 Å². The highest BCUT2D eigenvalue weighted by Gasteiger charge is 2.41. The Morgan fingerprint density at radius 2 is 2.03 bits per heavy atom. The molecule has 8 nitrogen and oxygen atoms in total. The molecule has 0 radical (unpaired) electrons. The van der Waals surface area contributed by atoms with E-state index in [1.807, 2.05) is 11.6 Å². The minimum atomic E-state index is -1.97. The molecular formula is C25H35ClFN5O3Si. The number of carbonyl (C=O) groups excluding carboxylic acids is 2. The van der Waals surface area contributed by atoms with Gasteiger partial charge in [0, 0.05) is 12.2 Å². The number of piperidine rings is 1. The molecule has 1 aromatic heterocycles. The maximum absolute atomic E-state index is 13.5. The number of anilines is 2. The Hall–Kier alpha value is -2.43. The largest absolute Gasteiger partial charge is 0.413 e. The molecule has 11 heteroatoms. The van der Waals surface area contributed by atoms with Gasteiger partial charge in [-0.2, -0.15) is 5.10 Å². The fraction of sp³-hybridized carbons (Fsp3) is 0.560. The molecule has 1 aromatic carbocycles. The maximum Gasteiger partial charge on any atom is 0.322 e. The normalized spacial score (nSPS) is 20.9. The van der Waals surface area contributed by atoms with Crippen LogP contribution in [-0.2, 0) is 22.3 Å². The minimum Gasteiger partial charge on any atom is -0.413 e. The highest BCUT2D eigenvalue weighted by Crippen LogP contribution is 2.39. The lowest BCUT2D eigenvalue weighted by Crippen LogP contribution is -2.50. The number of nitrogens with zero attached hydrogens (tertiary/aromatic N) is 4. The zero-order valence-electron chi connectivity index (χ0n) is 21.8. The van der Waals surface area contributed by atoms with Crippen LogP contribution >= 0.6 is 11.6 Å². The predicted molar refractivity (Wildman–Crippen MR) is 141 cm³/mol. The fourth-order valence-corrected chi connectivity index (χ4v) is 5.98. The molecule has 0 aliphatic carbocycles. The summed E-state index contributed by atoms with van der Waals surface area (Å²) in [5.41, 5.74) is 1.97. The van der Waals surface area contributed by atoms with E-state index in [1.165, 1.54) is 18.2 Å². The average Bonchev–Trinajstić information content (AvgIpc) is 3.17. The van der Waals surface area contributed by atoms with Crippen molar-refractivity contribution in [2.75, 3.05) is 16.8 Å². The smallest absolute Gasteiger partial charge is 0.322 e. The van der Waals surface area contributed by atoms with Gasteiger partial charge < -0.3 is 19.5 Å². The molecule has 1 fully saturated rings. The van der Waals surface area contributed by atoms with Gasteiger partial charge in [0.25, 0.3) is 0 Å². The van der Waals surface area contributed by atoms with Crippen LogP contribution in [0.15, 0.2) is 24.4 Å². The highest BCUT2D eigenvalue weighted by atomic mass is 35.5. The monoisotopic (exact) mass is 535 g/mol. The van der Waals surface area contributed by atoms with Crippen LogP contribution in [0.25, 0.3) is 0 Å². The predicted octanol–water partition coefficient (Wildman–Crippen LogP) is 5.63. The standard InChI is InChI=1S/C25H35ClFN5O3Si/c1-16-14-32-22(15-31(16)24(34)29-17-7-8-20(27)19(26)11-17)21(13-28-32)30-10-9-18(12-23(30)33)35-36(5,6)25(2,3)4/h7-8,11,13,16,18H,9-10,12,14-15H2,1-6H3,(H,29,34)/t16-,18?/m0/s1. The van der Waals surface area contributed by atoms with Gasteiger partial charge in [0.1, 0.15) is 5.82 Å². The molecule has 2 aliphatic rings. The zero-order valence-corrected chi connectivity index (χ0v) is 23.5. The number of amides is 3. The minimum absolute atomic E-state index is 0.0105. The van der Waals surface area contributed by atoms with E-state index < -0.39 is 14.1 Å². The van der Waals surface area contributed by atoms with Crippen molar-refractivity contribution in [3.63, 3.8) is 0 Å². The molecule has 2 atom stereocenters. The van der Waals surface area contributed by atoms with Crippen LogP contribution in [0.3, 0.4) is 0 Å².